The average Bonchev–Trinajstić information content (AvgIpc) is 3.15. The Morgan fingerprint density at radius 2 is 1.97 bits per heavy atom. The van der Waals surface area contributed by atoms with Gasteiger partial charge in [-0.15, -0.1) is 0 Å². The summed E-state index contributed by atoms with van der Waals surface area (Å²) in [5, 5.41) is 7.05. The molecule has 29 heavy (non-hydrogen) atoms. The van der Waals surface area contributed by atoms with Crippen LogP contribution in [0.25, 0.3) is 6.08 Å². The van der Waals surface area contributed by atoms with Crippen molar-refractivity contribution in [3.63, 3.8) is 0 Å². The maximum Gasteiger partial charge on any atom is 0.244 e. The molecule has 0 aliphatic rings. The highest BCUT2D eigenvalue weighted by molar-refractivity contribution is 5.91. The van der Waals surface area contributed by atoms with Gasteiger partial charge in [-0.1, -0.05) is 23.8 Å². The number of aryl methyl sites for hydroxylation is 2. The Morgan fingerprint density at radius 1 is 1.17 bits per heavy atom. The number of carbonyl (C=O) groups excluding carboxylic acids is 1. The lowest BCUT2D eigenvalue weighted by Gasteiger charge is -2.11. The van der Waals surface area contributed by atoms with Crippen molar-refractivity contribution < 1.29 is 14.3 Å². The van der Waals surface area contributed by atoms with Gasteiger partial charge in [0.05, 0.1) is 19.3 Å². The molecule has 0 unspecified atom stereocenters. The number of rotatable bonds is 8. The van der Waals surface area contributed by atoms with E-state index in [1.807, 2.05) is 68.7 Å². The number of hydrogen-bond acceptors (Lipinski definition) is 4. The van der Waals surface area contributed by atoms with E-state index < -0.39 is 0 Å². The van der Waals surface area contributed by atoms with Crippen molar-refractivity contribution in [3.8, 4) is 11.5 Å². The molecule has 1 N–H and O–H groups in total. The Bertz CT molecular complexity index is 991. The number of hydrogen-bond donors (Lipinski definition) is 1. The normalized spacial score (nSPS) is 10.9. The topological polar surface area (TPSA) is 65.4 Å². The molecule has 3 aromatic rings. The zero-order valence-electron chi connectivity index (χ0n) is 16.9. The fraction of sp³-hybridized carbons (Fsp3) is 0.217. The van der Waals surface area contributed by atoms with Crippen LogP contribution in [0.15, 0.2) is 60.8 Å². The highest BCUT2D eigenvalue weighted by Gasteiger charge is 2.06. The van der Waals surface area contributed by atoms with Crippen molar-refractivity contribution >= 4 is 12.0 Å². The van der Waals surface area contributed by atoms with Gasteiger partial charge in [-0.05, 0) is 48.9 Å². The molecule has 1 heterocycles. The average molecular weight is 391 g/mol. The highest BCUT2D eigenvalue weighted by atomic mass is 16.5. The number of nitrogens with one attached hydrogen (secondary N) is 1. The molecular formula is C23H25N3O3. The van der Waals surface area contributed by atoms with Crippen LogP contribution in [0.3, 0.4) is 0 Å². The minimum Gasteiger partial charge on any atom is -0.496 e. The molecule has 0 saturated heterocycles. The van der Waals surface area contributed by atoms with Gasteiger partial charge in [0.15, 0.2) is 0 Å². The Hall–Kier alpha value is -3.54. The van der Waals surface area contributed by atoms with Crippen LogP contribution in [0.2, 0.25) is 0 Å². The molecule has 0 bridgehead atoms. The third-order valence-corrected chi connectivity index (χ3v) is 4.36. The molecular weight excluding hydrogens is 366 g/mol. The predicted octanol–water partition coefficient (Wildman–Crippen LogP) is 3.65. The number of carbonyl (C=O) groups is 1. The monoisotopic (exact) mass is 391 g/mol. The summed E-state index contributed by atoms with van der Waals surface area (Å²) in [7, 11) is 3.47. The first-order chi connectivity index (χ1) is 14.0. The minimum atomic E-state index is -0.177. The Balaban J connectivity index is 1.61. The molecule has 150 valence electrons. The van der Waals surface area contributed by atoms with E-state index in [0.717, 1.165) is 28.3 Å². The van der Waals surface area contributed by atoms with Gasteiger partial charge in [-0.3, -0.25) is 9.48 Å². The lowest BCUT2D eigenvalue weighted by atomic mass is 10.1. The summed E-state index contributed by atoms with van der Waals surface area (Å²) in [6.07, 6.45) is 5.12. The second-order valence-electron chi connectivity index (χ2n) is 6.70. The summed E-state index contributed by atoms with van der Waals surface area (Å²) >= 11 is 0. The summed E-state index contributed by atoms with van der Waals surface area (Å²) in [4.78, 5) is 12.1. The van der Waals surface area contributed by atoms with Crippen LogP contribution in [0.1, 0.15) is 22.4 Å². The fourth-order valence-electron chi connectivity index (χ4n) is 2.78. The van der Waals surface area contributed by atoms with E-state index in [2.05, 4.69) is 10.4 Å². The second kappa shape index (κ2) is 9.59. The van der Waals surface area contributed by atoms with Crippen LogP contribution in [-0.2, 0) is 25.0 Å². The smallest absolute Gasteiger partial charge is 0.244 e. The number of ether oxygens (including phenoxy) is 2. The van der Waals surface area contributed by atoms with Crippen LogP contribution in [0.5, 0.6) is 11.5 Å². The first-order valence-electron chi connectivity index (χ1n) is 9.34. The maximum absolute atomic E-state index is 12.1. The van der Waals surface area contributed by atoms with Crippen LogP contribution in [0.4, 0.5) is 0 Å². The third kappa shape index (κ3) is 5.97. The molecule has 0 spiro atoms. The van der Waals surface area contributed by atoms with Gasteiger partial charge in [0.1, 0.15) is 18.1 Å². The molecule has 0 fully saturated rings. The van der Waals surface area contributed by atoms with Crippen molar-refractivity contribution in [1.29, 1.82) is 0 Å². The summed E-state index contributed by atoms with van der Waals surface area (Å²) in [6, 6.07) is 15.5. The van der Waals surface area contributed by atoms with Gasteiger partial charge in [0.25, 0.3) is 0 Å². The molecule has 6 nitrogen and oxygen atoms in total. The SMILES string of the molecule is COc1ccc(/C=C/C(=O)NCc2ccn(C)n2)cc1COc1ccc(C)cc1. The van der Waals surface area contributed by atoms with E-state index in [0.29, 0.717) is 13.2 Å². The lowest BCUT2D eigenvalue weighted by Crippen LogP contribution is -2.20. The van der Waals surface area contributed by atoms with Gasteiger partial charge in [0, 0.05) is 24.9 Å². The van der Waals surface area contributed by atoms with E-state index in [4.69, 9.17) is 9.47 Å². The van der Waals surface area contributed by atoms with Gasteiger partial charge in [0.2, 0.25) is 5.91 Å². The molecule has 0 radical (unpaired) electrons. The van der Waals surface area contributed by atoms with Crippen molar-refractivity contribution in [2.45, 2.75) is 20.1 Å². The second-order valence-corrected chi connectivity index (χ2v) is 6.70. The molecule has 6 heteroatoms. The molecule has 0 atom stereocenters. The fourth-order valence-corrected chi connectivity index (χ4v) is 2.78. The molecule has 3 rings (SSSR count). The molecule has 2 aromatic carbocycles. The predicted molar refractivity (Wildman–Crippen MR) is 113 cm³/mol. The maximum atomic E-state index is 12.1. The van der Waals surface area contributed by atoms with E-state index in [1.165, 1.54) is 11.6 Å². The minimum absolute atomic E-state index is 0.177. The van der Waals surface area contributed by atoms with Crippen LogP contribution >= 0.6 is 0 Å². The molecule has 0 aliphatic carbocycles. The van der Waals surface area contributed by atoms with Gasteiger partial charge in [-0.25, -0.2) is 0 Å². The number of nitrogens with zero attached hydrogens (tertiary/aromatic N) is 2. The van der Waals surface area contributed by atoms with E-state index in [1.54, 1.807) is 17.9 Å². The highest BCUT2D eigenvalue weighted by Crippen LogP contribution is 2.23. The molecule has 0 saturated carbocycles. The zero-order chi connectivity index (χ0) is 20.6. The summed E-state index contributed by atoms with van der Waals surface area (Å²) in [6.45, 7) is 2.80. The van der Waals surface area contributed by atoms with Crippen LogP contribution in [-0.4, -0.2) is 22.8 Å². The van der Waals surface area contributed by atoms with Crippen molar-refractivity contribution in [2.75, 3.05) is 7.11 Å². The first kappa shape index (κ1) is 20.2. The molecule has 0 aliphatic heterocycles. The largest absolute Gasteiger partial charge is 0.496 e. The number of amides is 1. The zero-order valence-corrected chi connectivity index (χ0v) is 16.9. The van der Waals surface area contributed by atoms with E-state index in [9.17, 15) is 4.79 Å². The summed E-state index contributed by atoms with van der Waals surface area (Å²) in [5.74, 6) is 1.37. The first-order valence-corrected chi connectivity index (χ1v) is 9.34. The number of benzene rings is 2. The third-order valence-electron chi connectivity index (χ3n) is 4.36. The summed E-state index contributed by atoms with van der Waals surface area (Å²) < 4.78 is 13.0. The Morgan fingerprint density at radius 3 is 2.66 bits per heavy atom. The van der Waals surface area contributed by atoms with Gasteiger partial charge >= 0.3 is 0 Å². The van der Waals surface area contributed by atoms with Gasteiger partial charge < -0.3 is 14.8 Å². The van der Waals surface area contributed by atoms with Crippen LogP contribution in [0, 0.1) is 6.92 Å². The molecule has 1 aromatic heterocycles. The quantitative estimate of drug-likeness (QED) is 0.596. The van der Waals surface area contributed by atoms with Crippen molar-refractivity contribution in [3.05, 3.63) is 83.2 Å². The number of methoxy groups -OCH3 is 1. The lowest BCUT2D eigenvalue weighted by molar-refractivity contribution is -0.116. The van der Waals surface area contributed by atoms with Crippen molar-refractivity contribution in [2.24, 2.45) is 7.05 Å². The van der Waals surface area contributed by atoms with Crippen LogP contribution < -0.4 is 14.8 Å². The standard InChI is InChI=1S/C23H25N3O3/c1-17-4-8-21(9-5-17)29-16-19-14-18(6-10-22(19)28-3)7-11-23(27)24-15-20-12-13-26(2)25-20/h4-14H,15-16H2,1-3H3,(H,24,27)/b11-7+. The summed E-state index contributed by atoms with van der Waals surface area (Å²) in [5.41, 5.74) is 3.79. The Labute approximate surface area is 170 Å². The van der Waals surface area contributed by atoms with Gasteiger partial charge in [-0.2, -0.15) is 5.10 Å². The molecule has 1 amide bonds. The Kier molecular flexibility index (Phi) is 6.68. The number of aromatic nitrogens is 2. The van der Waals surface area contributed by atoms with Crippen molar-refractivity contribution in [1.82, 2.24) is 15.1 Å². The van der Waals surface area contributed by atoms with E-state index >= 15 is 0 Å². The van der Waals surface area contributed by atoms with E-state index in [-0.39, 0.29) is 5.91 Å².